The van der Waals surface area contributed by atoms with Crippen LogP contribution in [0.15, 0.2) is 18.2 Å². The molecule has 0 bridgehead atoms. The number of nitriles is 1. The molecule has 14 heavy (non-hydrogen) atoms. The molecule has 1 aromatic heterocycles. The summed E-state index contributed by atoms with van der Waals surface area (Å²) in [6, 6.07) is 8.02. The fraction of sp³-hybridized carbons (Fsp3) is 0.200. The SMILES string of the molecule is CC(C#N)c1ccc2nc(N)sc2c1. The van der Waals surface area contributed by atoms with Gasteiger partial charge in [-0.3, -0.25) is 0 Å². The Kier molecular flexibility index (Phi) is 2.10. The summed E-state index contributed by atoms with van der Waals surface area (Å²) in [6.45, 7) is 1.88. The lowest BCUT2D eigenvalue weighted by Crippen LogP contribution is -1.87. The number of hydrogen-bond donors (Lipinski definition) is 1. The van der Waals surface area contributed by atoms with E-state index < -0.39 is 0 Å². The molecule has 3 nitrogen and oxygen atoms in total. The minimum atomic E-state index is -0.0808. The summed E-state index contributed by atoms with van der Waals surface area (Å²) in [5.41, 5.74) is 7.51. The van der Waals surface area contributed by atoms with Gasteiger partial charge < -0.3 is 5.73 Å². The summed E-state index contributed by atoms with van der Waals surface area (Å²) in [4.78, 5) is 4.15. The number of aromatic nitrogens is 1. The van der Waals surface area contributed by atoms with Crippen molar-refractivity contribution in [2.75, 3.05) is 5.73 Å². The van der Waals surface area contributed by atoms with Crippen LogP contribution in [0.5, 0.6) is 0 Å². The Hall–Kier alpha value is -1.60. The normalized spacial score (nSPS) is 12.6. The maximum absolute atomic E-state index is 8.78. The lowest BCUT2D eigenvalue weighted by Gasteiger charge is -2.00. The molecule has 1 heterocycles. The zero-order valence-electron chi connectivity index (χ0n) is 7.69. The number of thiazole rings is 1. The van der Waals surface area contributed by atoms with Gasteiger partial charge in [0.25, 0.3) is 0 Å². The number of nitrogen functional groups attached to an aromatic ring is 1. The van der Waals surface area contributed by atoms with E-state index in [1.807, 2.05) is 25.1 Å². The first-order valence-electron chi connectivity index (χ1n) is 4.26. The predicted octanol–water partition coefficient (Wildman–Crippen LogP) is 2.51. The Balaban J connectivity index is 2.57. The largest absolute Gasteiger partial charge is 0.375 e. The Morgan fingerprint density at radius 2 is 2.36 bits per heavy atom. The molecule has 1 atom stereocenters. The number of hydrogen-bond acceptors (Lipinski definition) is 4. The molecule has 0 radical (unpaired) electrons. The first-order chi connectivity index (χ1) is 6.70. The molecule has 1 aromatic carbocycles. The van der Waals surface area contributed by atoms with Crippen LogP contribution in [-0.4, -0.2) is 4.98 Å². The standard InChI is InChI=1S/C10H9N3S/c1-6(5-11)7-2-3-8-9(4-7)14-10(12)13-8/h2-4,6H,1H3,(H2,12,13). The Morgan fingerprint density at radius 3 is 3.07 bits per heavy atom. The van der Waals surface area contributed by atoms with Gasteiger partial charge in [0, 0.05) is 0 Å². The topological polar surface area (TPSA) is 62.7 Å². The molecule has 0 amide bonds. The van der Waals surface area contributed by atoms with Crippen molar-refractivity contribution in [1.82, 2.24) is 4.98 Å². The van der Waals surface area contributed by atoms with Crippen molar-refractivity contribution in [3.63, 3.8) is 0 Å². The molecule has 1 unspecified atom stereocenters. The summed E-state index contributed by atoms with van der Waals surface area (Å²) in [7, 11) is 0. The molecule has 4 heteroatoms. The van der Waals surface area contributed by atoms with E-state index in [4.69, 9.17) is 11.0 Å². The molecule has 0 aliphatic carbocycles. The van der Waals surface area contributed by atoms with Crippen LogP contribution in [0, 0.1) is 11.3 Å². The lowest BCUT2D eigenvalue weighted by atomic mass is 10.0. The fourth-order valence-electron chi connectivity index (χ4n) is 1.30. The number of fused-ring (bicyclic) bond motifs is 1. The minimum absolute atomic E-state index is 0.0808. The van der Waals surface area contributed by atoms with Gasteiger partial charge in [-0.25, -0.2) is 4.98 Å². The van der Waals surface area contributed by atoms with Crippen molar-refractivity contribution in [2.24, 2.45) is 0 Å². The van der Waals surface area contributed by atoms with E-state index in [1.54, 1.807) is 0 Å². The summed E-state index contributed by atoms with van der Waals surface area (Å²) < 4.78 is 1.04. The van der Waals surface area contributed by atoms with E-state index in [-0.39, 0.29) is 5.92 Å². The molecule has 0 spiro atoms. The van der Waals surface area contributed by atoms with E-state index >= 15 is 0 Å². The van der Waals surface area contributed by atoms with Gasteiger partial charge in [-0.15, -0.1) is 0 Å². The van der Waals surface area contributed by atoms with Crippen molar-refractivity contribution < 1.29 is 0 Å². The number of benzene rings is 1. The molecule has 0 aliphatic heterocycles. The van der Waals surface area contributed by atoms with Crippen molar-refractivity contribution >= 4 is 26.7 Å². The molecule has 2 N–H and O–H groups in total. The highest BCUT2D eigenvalue weighted by atomic mass is 32.1. The van der Waals surface area contributed by atoms with Crippen molar-refractivity contribution in [2.45, 2.75) is 12.8 Å². The van der Waals surface area contributed by atoms with Crippen LogP contribution in [0.2, 0.25) is 0 Å². The molecular weight excluding hydrogens is 194 g/mol. The third-order valence-corrected chi connectivity index (χ3v) is 2.97. The van der Waals surface area contributed by atoms with Gasteiger partial charge in [-0.05, 0) is 24.6 Å². The van der Waals surface area contributed by atoms with Crippen molar-refractivity contribution in [1.29, 1.82) is 5.26 Å². The predicted molar refractivity (Wildman–Crippen MR) is 58.1 cm³/mol. The molecule has 2 aromatic rings. The summed E-state index contributed by atoms with van der Waals surface area (Å²) in [5, 5.41) is 9.35. The molecule has 70 valence electrons. The average molecular weight is 203 g/mol. The second kappa shape index (κ2) is 3.28. The Bertz CT molecular complexity index is 510. The third kappa shape index (κ3) is 1.42. The van der Waals surface area contributed by atoms with E-state index in [0.717, 1.165) is 15.8 Å². The Labute approximate surface area is 85.8 Å². The zero-order valence-corrected chi connectivity index (χ0v) is 8.51. The van der Waals surface area contributed by atoms with Crippen molar-refractivity contribution in [3.8, 4) is 6.07 Å². The molecule has 0 fully saturated rings. The lowest BCUT2D eigenvalue weighted by molar-refractivity contribution is 0.985. The van der Waals surface area contributed by atoms with Crippen LogP contribution in [0.1, 0.15) is 18.4 Å². The second-order valence-electron chi connectivity index (χ2n) is 3.13. The quantitative estimate of drug-likeness (QED) is 0.774. The summed E-state index contributed by atoms with van der Waals surface area (Å²) >= 11 is 1.45. The van der Waals surface area contributed by atoms with Crippen LogP contribution < -0.4 is 5.73 Å². The number of rotatable bonds is 1. The summed E-state index contributed by atoms with van der Waals surface area (Å²) in [6.07, 6.45) is 0. The van der Waals surface area contributed by atoms with Crippen LogP contribution in [0.4, 0.5) is 5.13 Å². The van der Waals surface area contributed by atoms with Gasteiger partial charge in [-0.1, -0.05) is 17.4 Å². The molecular formula is C10H9N3S. The van der Waals surface area contributed by atoms with E-state index in [0.29, 0.717) is 5.13 Å². The average Bonchev–Trinajstić information content (AvgIpc) is 2.55. The number of nitrogens with zero attached hydrogens (tertiary/aromatic N) is 2. The minimum Gasteiger partial charge on any atom is -0.375 e. The van der Waals surface area contributed by atoms with Crippen LogP contribution in [0.3, 0.4) is 0 Å². The van der Waals surface area contributed by atoms with Crippen LogP contribution in [-0.2, 0) is 0 Å². The monoisotopic (exact) mass is 203 g/mol. The van der Waals surface area contributed by atoms with Gasteiger partial charge in [0.05, 0.1) is 22.2 Å². The van der Waals surface area contributed by atoms with E-state index in [2.05, 4.69) is 11.1 Å². The number of anilines is 1. The maximum atomic E-state index is 8.78. The molecule has 0 saturated heterocycles. The number of nitrogens with two attached hydrogens (primary N) is 1. The van der Waals surface area contributed by atoms with Crippen LogP contribution >= 0.6 is 11.3 Å². The van der Waals surface area contributed by atoms with Crippen molar-refractivity contribution in [3.05, 3.63) is 23.8 Å². The highest BCUT2D eigenvalue weighted by Crippen LogP contribution is 2.27. The zero-order chi connectivity index (χ0) is 10.1. The molecule has 0 saturated carbocycles. The van der Waals surface area contributed by atoms with Gasteiger partial charge in [0.1, 0.15) is 0 Å². The van der Waals surface area contributed by atoms with Crippen LogP contribution in [0.25, 0.3) is 10.2 Å². The van der Waals surface area contributed by atoms with Gasteiger partial charge in [0.15, 0.2) is 5.13 Å². The second-order valence-corrected chi connectivity index (χ2v) is 4.19. The smallest absolute Gasteiger partial charge is 0.181 e. The third-order valence-electron chi connectivity index (χ3n) is 2.12. The first kappa shape index (κ1) is 8.97. The Morgan fingerprint density at radius 1 is 1.57 bits per heavy atom. The molecule has 0 aliphatic rings. The highest BCUT2D eigenvalue weighted by Gasteiger charge is 2.06. The summed E-state index contributed by atoms with van der Waals surface area (Å²) in [5.74, 6) is -0.0808. The van der Waals surface area contributed by atoms with Gasteiger partial charge >= 0.3 is 0 Å². The van der Waals surface area contributed by atoms with Gasteiger partial charge in [0.2, 0.25) is 0 Å². The molecule has 2 rings (SSSR count). The van der Waals surface area contributed by atoms with E-state index in [1.165, 1.54) is 11.3 Å². The first-order valence-corrected chi connectivity index (χ1v) is 5.08. The van der Waals surface area contributed by atoms with E-state index in [9.17, 15) is 0 Å². The maximum Gasteiger partial charge on any atom is 0.181 e. The highest BCUT2D eigenvalue weighted by molar-refractivity contribution is 7.22. The van der Waals surface area contributed by atoms with Gasteiger partial charge in [-0.2, -0.15) is 5.26 Å². The fourth-order valence-corrected chi connectivity index (χ4v) is 2.09.